The first-order valence-electron chi connectivity index (χ1n) is 12.5. The Hall–Kier alpha value is -2.71. The number of ether oxygens (including phenoxy) is 1. The van der Waals surface area contributed by atoms with Crippen molar-refractivity contribution in [2.24, 2.45) is 0 Å². The van der Waals surface area contributed by atoms with Crippen LogP contribution in [0.4, 0.5) is 0 Å². The van der Waals surface area contributed by atoms with E-state index in [2.05, 4.69) is 30.7 Å². The van der Waals surface area contributed by atoms with Crippen molar-refractivity contribution < 1.29 is 19.4 Å². The van der Waals surface area contributed by atoms with E-state index in [4.69, 9.17) is 4.74 Å². The van der Waals surface area contributed by atoms with Gasteiger partial charge in [0.15, 0.2) is 5.76 Å². The molecule has 7 nitrogen and oxygen atoms in total. The molecule has 0 fully saturated rings. The lowest BCUT2D eigenvalue weighted by Gasteiger charge is -2.28. The first-order chi connectivity index (χ1) is 16.8. The van der Waals surface area contributed by atoms with Crippen molar-refractivity contribution >= 4 is 23.0 Å². The molecule has 0 radical (unpaired) electrons. The molecule has 0 saturated carbocycles. The topological polar surface area (TPSA) is 83.0 Å². The molecule has 2 heterocycles. The Morgan fingerprint density at radius 1 is 1.20 bits per heavy atom. The smallest absolute Gasteiger partial charge is 0.290 e. The summed E-state index contributed by atoms with van der Waals surface area (Å²) in [5.41, 5.74) is 1.48. The normalized spacial score (nSPS) is 16.0. The van der Waals surface area contributed by atoms with Gasteiger partial charge in [-0.15, -0.1) is 11.3 Å². The summed E-state index contributed by atoms with van der Waals surface area (Å²) >= 11 is 1.29. The van der Waals surface area contributed by atoms with Gasteiger partial charge in [-0.25, -0.2) is 4.98 Å². The molecule has 3 rings (SSSR count). The highest BCUT2D eigenvalue weighted by Crippen LogP contribution is 2.41. The molecule has 1 aliphatic heterocycles. The molecule has 8 heteroatoms. The van der Waals surface area contributed by atoms with Gasteiger partial charge in [0, 0.05) is 6.54 Å². The molecule has 35 heavy (non-hydrogen) atoms. The Labute approximate surface area is 212 Å². The van der Waals surface area contributed by atoms with Crippen LogP contribution in [0.1, 0.15) is 72.0 Å². The molecule has 0 aliphatic carbocycles. The standard InChI is InChI=1S/C27H37N3O4S/c1-6-9-16-34-21-13-10-12-20(17-21)23-22(24(31)26-18(4)28-19(5)35-26)25(32)27(33)30(23)15-11-14-29(7-2)8-3/h10,12-13,17,23,32H,6-9,11,14-16H2,1-5H3. The van der Waals surface area contributed by atoms with Crippen LogP contribution < -0.4 is 4.74 Å². The molecular formula is C27H37N3O4S. The second kappa shape index (κ2) is 12.3. The van der Waals surface area contributed by atoms with E-state index in [1.165, 1.54) is 11.3 Å². The number of hydrogen-bond acceptors (Lipinski definition) is 7. The lowest BCUT2D eigenvalue weighted by atomic mass is 9.95. The zero-order valence-corrected chi connectivity index (χ0v) is 22.3. The maximum Gasteiger partial charge on any atom is 0.290 e. The van der Waals surface area contributed by atoms with Crippen molar-refractivity contribution in [2.45, 2.75) is 59.9 Å². The number of aliphatic hydroxyl groups excluding tert-OH is 1. The summed E-state index contributed by atoms with van der Waals surface area (Å²) < 4.78 is 5.90. The predicted octanol–water partition coefficient (Wildman–Crippen LogP) is 5.25. The van der Waals surface area contributed by atoms with Crippen molar-refractivity contribution in [1.82, 2.24) is 14.8 Å². The van der Waals surface area contributed by atoms with Crippen molar-refractivity contribution in [1.29, 1.82) is 0 Å². The van der Waals surface area contributed by atoms with E-state index < -0.39 is 17.7 Å². The van der Waals surface area contributed by atoms with Crippen molar-refractivity contribution in [3.8, 4) is 5.75 Å². The van der Waals surface area contributed by atoms with Gasteiger partial charge in [0.25, 0.3) is 5.91 Å². The molecule has 1 amide bonds. The number of unbranched alkanes of at least 4 members (excludes halogenated alkanes) is 1. The molecule has 190 valence electrons. The number of aliphatic hydroxyl groups is 1. The van der Waals surface area contributed by atoms with Gasteiger partial charge in [-0.1, -0.05) is 39.3 Å². The lowest BCUT2D eigenvalue weighted by molar-refractivity contribution is -0.129. The molecule has 1 aromatic carbocycles. The Bertz CT molecular complexity index is 1070. The third kappa shape index (κ3) is 6.11. The molecule has 1 aliphatic rings. The average Bonchev–Trinajstić information content (AvgIpc) is 3.32. The van der Waals surface area contributed by atoms with E-state index in [0.29, 0.717) is 29.5 Å². The molecule has 1 atom stereocenters. The number of Topliss-reactive ketones (excluding diaryl/α,β-unsaturated/α-hetero) is 1. The fourth-order valence-electron chi connectivity index (χ4n) is 4.44. The minimum Gasteiger partial charge on any atom is -0.503 e. The first kappa shape index (κ1) is 26.9. The summed E-state index contributed by atoms with van der Waals surface area (Å²) in [5, 5.41) is 11.7. The van der Waals surface area contributed by atoms with Gasteiger partial charge in [0.2, 0.25) is 5.78 Å². The summed E-state index contributed by atoms with van der Waals surface area (Å²) in [7, 11) is 0. The van der Waals surface area contributed by atoms with Gasteiger partial charge < -0.3 is 19.6 Å². The van der Waals surface area contributed by atoms with Crippen LogP contribution in [0, 0.1) is 13.8 Å². The highest BCUT2D eigenvalue weighted by atomic mass is 32.1. The number of thiazole rings is 1. The van der Waals surface area contributed by atoms with Crippen LogP contribution in [0.25, 0.3) is 0 Å². The summed E-state index contributed by atoms with van der Waals surface area (Å²) in [5.74, 6) is -0.623. The number of hydrogen-bond donors (Lipinski definition) is 1. The van der Waals surface area contributed by atoms with Gasteiger partial charge in [-0.2, -0.15) is 0 Å². The SMILES string of the molecule is CCCCOc1cccc(C2C(C(=O)c3sc(C)nc3C)=C(O)C(=O)N2CCCN(CC)CC)c1. The lowest BCUT2D eigenvalue weighted by Crippen LogP contribution is -2.34. The van der Waals surface area contributed by atoms with Crippen molar-refractivity contribution in [2.75, 3.05) is 32.8 Å². The number of aryl methyl sites for hydroxylation is 2. The van der Waals surface area contributed by atoms with Crippen LogP contribution >= 0.6 is 11.3 Å². The van der Waals surface area contributed by atoms with Gasteiger partial charge in [-0.3, -0.25) is 9.59 Å². The molecular weight excluding hydrogens is 462 g/mol. The third-order valence-electron chi connectivity index (χ3n) is 6.37. The Kier molecular flexibility index (Phi) is 9.46. The number of benzene rings is 1. The van der Waals surface area contributed by atoms with E-state index in [-0.39, 0.29) is 11.4 Å². The van der Waals surface area contributed by atoms with E-state index in [0.717, 1.165) is 49.5 Å². The number of carbonyl (C=O) groups is 2. The Balaban J connectivity index is 1.97. The van der Waals surface area contributed by atoms with Crippen molar-refractivity contribution in [3.05, 3.63) is 56.7 Å². The minimum absolute atomic E-state index is 0.121. The fourth-order valence-corrected chi connectivity index (χ4v) is 5.31. The molecule has 0 bridgehead atoms. The van der Waals surface area contributed by atoms with Gasteiger partial charge in [0.05, 0.1) is 33.8 Å². The Morgan fingerprint density at radius 2 is 1.94 bits per heavy atom. The maximum absolute atomic E-state index is 13.7. The number of ketones is 1. The predicted molar refractivity (Wildman–Crippen MR) is 139 cm³/mol. The second-order valence-corrected chi connectivity index (χ2v) is 10.00. The zero-order chi connectivity index (χ0) is 25.5. The average molecular weight is 500 g/mol. The second-order valence-electron chi connectivity index (χ2n) is 8.79. The molecule has 0 spiro atoms. The van der Waals surface area contributed by atoms with Crippen LogP contribution in [0.15, 0.2) is 35.6 Å². The number of aromatic nitrogens is 1. The molecule has 1 unspecified atom stereocenters. The quantitative estimate of drug-likeness (QED) is 0.299. The number of nitrogens with zero attached hydrogens (tertiary/aromatic N) is 3. The molecule has 0 saturated heterocycles. The molecule has 1 aromatic heterocycles. The summed E-state index contributed by atoms with van der Waals surface area (Å²) in [4.78, 5) is 35.7. The van der Waals surface area contributed by atoms with Crippen LogP contribution in [-0.2, 0) is 4.79 Å². The van der Waals surface area contributed by atoms with E-state index >= 15 is 0 Å². The molecule has 2 aromatic rings. The van der Waals surface area contributed by atoms with Gasteiger partial charge in [0.1, 0.15) is 5.75 Å². The monoisotopic (exact) mass is 499 g/mol. The van der Waals surface area contributed by atoms with Crippen LogP contribution in [-0.4, -0.2) is 64.4 Å². The van der Waals surface area contributed by atoms with Crippen molar-refractivity contribution in [3.63, 3.8) is 0 Å². The third-order valence-corrected chi connectivity index (χ3v) is 7.44. The maximum atomic E-state index is 13.7. The van der Waals surface area contributed by atoms with Crippen LogP contribution in [0.2, 0.25) is 0 Å². The number of carbonyl (C=O) groups excluding carboxylic acids is 2. The Morgan fingerprint density at radius 3 is 2.57 bits per heavy atom. The summed E-state index contributed by atoms with van der Waals surface area (Å²) in [6.07, 6.45) is 2.71. The molecule has 1 N–H and O–H groups in total. The van der Waals surface area contributed by atoms with E-state index in [9.17, 15) is 14.7 Å². The summed E-state index contributed by atoms with van der Waals surface area (Å²) in [6, 6.07) is 6.83. The van der Waals surface area contributed by atoms with Crippen LogP contribution in [0.5, 0.6) is 5.75 Å². The summed E-state index contributed by atoms with van der Waals surface area (Å²) in [6.45, 7) is 13.7. The number of rotatable bonds is 13. The zero-order valence-electron chi connectivity index (χ0n) is 21.5. The highest BCUT2D eigenvalue weighted by Gasteiger charge is 2.44. The number of amides is 1. The van der Waals surface area contributed by atoms with E-state index in [1.807, 2.05) is 31.2 Å². The first-order valence-corrected chi connectivity index (χ1v) is 13.3. The fraction of sp³-hybridized carbons (Fsp3) is 0.519. The largest absolute Gasteiger partial charge is 0.503 e. The van der Waals surface area contributed by atoms with Gasteiger partial charge in [-0.05, 0) is 64.0 Å². The van der Waals surface area contributed by atoms with Crippen LogP contribution in [0.3, 0.4) is 0 Å². The van der Waals surface area contributed by atoms with E-state index in [1.54, 1.807) is 11.8 Å². The van der Waals surface area contributed by atoms with Gasteiger partial charge >= 0.3 is 0 Å². The highest BCUT2D eigenvalue weighted by molar-refractivity contribution is 7.14. The minimum atomic E-state index is -0.678.